The number of phenols is 1. The van der Waals surface area contributed by atoms with Gasteiger partial charge in [-0.25, -0.2) is 13.7 Å². The van der Waals surface area contributed by atoms with Gasteiger partial charge in [0.1, 0.15) is 32.5 Å². The predicted octanol–water partition coefficient (Wildman–Crippen LogP) is 4.15. The second-order valence-electron chi connectivity index (χ2n) is 11.0. The van der Waals surface area contributed by atoms with Crippen molar-refractivity contribution in [3.63, 3.8) is 0 Å². The number of rotatable bonds is 16. The van der Waals surface area contributed by atoms with Gasteiger partial charge in [0.15, 0.2) is 21.7 Å². The van der Waals surface area contributed by atoms with Crippen molar-refractivity contribution in [2.75, 3.05) is 32.1 Å². The van der Waals surface area contributed by atoms with E-state index in [-0.39, 0.29) is 61.8 Å². The third kappa shape index (κ3) is 12.7. The summed E-state index contributed by atoms with van der Waals surface area (Å²) in [7, 11) is -15.7. The molecule has 0 unspecified atom stereocenters. The molecular weight excluding hydrogens is 901 g/mol. The molecule has 4 aromatic carbocycles. The molecular formula is C28H28N6O18S6. The number of nitrogens with two attached hydrogens (primary N) is 1. The zero-order valence-electron chi connectivity index (χ0n) is 29.0. The van der Waals surface area contributed by atoms with Gasteiger partial charge in [0.2, 0.25) is 0 Å². The average molecular weight is 929 g/mol. The van der Waals surface area contributed by atoms with E-state index < -0.39 is 78.0 Å². The topological polar surface area (TPSA) is 385 Å². The Morgan fingerprint density at radius 1 is 0.793 bits per heavy atom. The van der Waals surface area contributed by atoms with Crippen LogP contribution in [0.3, 0.4) is 0 Å². The van der Waals surface area contributed by atoms with E-state index in [2.05, 4.69) is 44.3 Å². The standard InChI is InChI=1S/C28H26N6O17S6.H2O/c1-34(2)9-12-54(37,38)17-4-8-22(25(14-17)56(42,43)44)30-32-26-19-15-23(53-50-49-36)27(28(35)18(19)5-6-20(26)29)33-31-21-7-3-16(13-24(21)55(39,40)41)52-11-10-48-51-57(45,46)47;/h3-8,13-15,35-36H,9,12,29H2,1-2H3,(H,39,40,41)(H,42,43,44)(H,45,46,47);1H2. The van der Waals surface area contributed by atoms with Crippen LogP contribution in [0.1, 0.15) is 0 Å². The van der Waals surface area contributed by atoms with Gasteiger partial charge >= 0.3 is 10.4 Å². The van der Waals surface area contributed by atoms with Crippen LogP contribution in [-0.2, 0) is 59.1 Å². The summed E-state index contributed by atoms with van der Waals surface area (Å²) in [6, 6.07) is 9.78. The van der Waals surface area contributed by atoms with Crippen molar-refractivity contribution in [1.82, 2.24) is 4.90 Å². The molecule has 0 aromatic heterocycles. The molecule has 4 aromatic rings. The van der Waals surface area contributed by atoms with Gasteiger partial charge in [0.25, 0.3) is 20.2 Å². The van der Waals surface area contributed by atoms with E-state index in [1.54, 1.807) is 25.1 Å². The molecule has 30 heteroatoms. The number of anilines is 1. The van der Waals surface area contributed by atoms with Crippen molar-refractivity contribution in [2.24, 2.45) is 20.5 Å². The minimum atomic E-state index is -5.06. The van der Waals surface area contributed by atoms with Crippen LogP contribution in [0.5, 0.6) is 5.75 Å². The van der Waals surface area contributed by atoms with Crippen LogP contribution in [0, 0.1) is 11.4 Å². The Hall–Kier alpha value is -4.56. The number of aromatic hydroxyl groups is 1. The maximum atomic E-state index is 12.8. The molecule has 0 saturated carbocycles. The van der Waals surface area contributed by atoms with Gasteiger partial charge in [0, 0.05) is 27.5 Å². The van der Waals surface area contributed by atoms with E-state index >= 15 is 0 Å². The molecule has 9 N–H and O–H groups in total. The van der Waals surface area contributed by atoms with Crippen molar-refractivity contribution in [2.45, 2.75) is 24.5 Å². The summed E-state index contributed by atoms with van der Waals surface area (Å²) in [5.41, 5.74) is 4.45. The summed E-state index contributed by atoms with van der Waals surface area (Å²) < 4.78 is 132. The molecule has 0 bridgehead atoms. The fraction of sp³-hybridized carbons (Fsp3) is 0.143. The fourth-order valence-corrected chi connectivity index (χ4v) is 8.33. The van der Waals surface area contributed by atoms with Gasteiger partial charge in [-0.05, 0) is 84.8 Å². The summed E-state index contributed by atoms with van der Waals surface area (Å²) in [6.07, 6.45) is 1.75. The van der Waals surface area contributed by atoms with E-state index in [0.717, 1.165) is 30.3 Å². The lowest BCUT2D eigenvalue weighted by Crippen LogP contribution is -2.22. The van der Waals surface area contributed by atoms with Crippen molar-refractivity contribution >= 4 is 103 Å². The number of benzene rings is 4. The quantitative estimate of drug-likeness (QED) is 0.0134. The Balaban J connectivity index is 0.00000900. The van der Waals surface area contributed by atoms with Crippen LogP contribution in [0.4, 0.5) is 28.4 Å². The normalized spacial score (nSPS) is 12.5. The molecule has 314 valence electrons. The highest BCUT2D eigenvalue weighted by atomic mass is 32.3. The van der Waals surface area contributed by atoms with Gasteiger partial charge in [-0.1, -0.05) is 5.04 Å². The number of hydrogen-bond donors (Lipinski definition) is 6. The van der Waals surface area contributed by atoms with Crippen molar-refractivity contribution in [1.29, 1.82) is 0 Å². The molecule has 0 aliphatic rings. The molecule has 0 saturated heterocycles. The van der Waals surface area contributed by atoms with Crippen molar-refractivity contribution in [3.05, 3.63) is 54.6 Å². The number of nitrogen functional groups attached to an aromatic ring is 1. The molecule has 0 heterocycles. The highest BCUT2D eigenvalue weighted by Gasteiger charge is 2.24. The van der Waals surface area contributed by atoms with E-state index in [4.69, 9.17) is 15.5 Å². The van der Waals surface area contributed by atoms with Crippen LogP contribution in [0.25, 0.3) is 10.8 Å². The Labute approximate surface area is 337 Å². The Bertz CT molecular complexity index is 2770. The number of nitrogens with zero attached hydrogens (tertiary/aromatic N) is 5. The number of azo groups is 2. The summed E-state index contributed by atoms with van der Waals surface area (Å²) in [5, 5.41) is 41.6. The maximum Gasteiger partial charge on any atom is 0.433 e. The minimum Gasteiger partial charge on any atom is -0.505 e. The molecule has 0 fully saturated rings. The van der Waals surface area contributed by atoms with E-state index in [9.17, 15) is 47.9 Å². The highest BCUT2D eigenvalue weighted by molar-refractivity contribution is 8.04. The fourth-order valence-electron chi connectivity index (χ4n) is 4.35. The zero-order chi connectivity index (χ0) is 42.3. The molecule has 0 amide bonds. The highest BCUT2D eigenvalue weighted by Crippen LogP contribution is 2.48. The molecule has 58 heavy (non-hydrogen) atoms. The summed E-state index contributed by atoms with van der Waals surface area (Å²) >= 11 is 0.818. The summed E-state index contributed by atoms with van der Waals surface area (Å²) in [4.78, 5) is 3.28. The first kappa shape index (κ1) is 47.8. The van der Waals surface area contributed by atoms with Crippen LogP contribution in [0.2, 0.25) is 0 Å². The minimum absolute atomic E-state index is 0. The second kappa shape index (κ2) is 19.5. The SMILES string of the molecule is CN(C)CCS(=O)(=O)c1ccc(N=Nc2c(N)ccc3c(O)c(N=Nc4ccc(SC#COOS(=O)(=O)O)cc4S(=O)(=O)O)c(SOOO)cc23)c(S(=O)(=O)O)c1.O. The molecule has 4 rings (SSSR count). The van der Waals surface area contributed by atoms with Gasteiger partial charge in [-0.15, -0.1) is 24.8 Å². The van der Waals surface area contributed by atoms with Gasteiger partial charge in [0.05, 0.1) is 33.3 Å². The second-order valence-corrected chi connectivity index (χ2v) is 18.5. The Kier molecular flexibility index (Phi) is 16.0. The van der Waals surface area contributed by atoms with E-state index in [0.29, 0.717) is 11.8 Å². The molecule has 24 nitrogen and oxygen atoms in total. The molecule has 0 aliphatic heterocycles. The number of thioether (sulfide) groups is 1. The smallest absolute Gasteiger partial charge is 0.433 e. The number of fused-ring (bicyclic) bond motifs is 1. The summed E-state index contributed by atoms with van der Waals surface area (Å²) in [6.45, 7) is 0.117. The van der Waals surface area contributed by atoms with Gasteiger partial charge < -0.3 is 21.2 Å². The van der Waals surface area contributed by atoms with Crippen molar-refractivity contribution < 1.29 is 81.8 Å². The molecule has 0 radical (unpaired) electrons. The molecule has 0 spiro atoms. The van der Waals surface area contributed by atoms with Crippen molar-refractivity contribution in [3.8, 4) is 17.1 Å². The van der Waals surface area contributed by atoms with Gasteiger partial charge in [-0.2, -0.15) is 25.3 Å². The summed E-state index contributed by atoms with van der Waals surface area (Å²) in [5.74, 6) is -1.04. The Morgan fingerprint density at radius 2 is 1.40 bits per heavy atom. The predicted molar refractivity (Wildman–Crippen MR) is 203 cm³/mol. The van der Waals surface area contributed by atoms with E-state index in [1.807, 2.05) is 0 Å². The third-order valence-electron chi connectivity index (χ3n) is 6.86. The average Bonchev–Trinajstić information content (AvgIpc) is 3.11. The number of sulfone groups is 1. The first-order valence-corrected chi connectivity index (χ1v) is 22.1. The zero-order valence-corrected chi connectivity index (χ0v) is 33.9. The first-order valence-electron chi connectivity index (χ1n) is 14.7. The lowest BCUT2D eigenvalue weighted by molar-refractivity contribution is -0.432. The largest absolute Gasteiger partial charge is 0.505 e. The molecule has 0 atom stereocenters. The number of phenolic OH excluding ortho intramolecular Hbond substituents is 1. The lowest BCUT2D eigenvalue weighted by atomic mass is 10.1. The maximum absolute atomic E-state index is 12.8. The van der Waals surface area contributed by atoms with Crippen LogP contribution in [-0.4, -0.2) is 94.5 Å². The first-order chi connectivity index (χ1) is 26.5. The molecule has 0 aliphatic carbocycles. The Morgan fingerprint density at radius 3 is 1.98 bits per heavy atom. The van der Waals surface area contributed by atoms with Crippen LogP contribution >= 0.6 is 23.8 Å². The number of hydrogen-bond acceptors (Lipinski definition) is 22. The van der Waals surface area contributed by atoms with Crippen LogP contribution in [0.15, 0.2) is 99.5 Å². The van der Waals surface area contributed by atoms with Crippen LogP contribution < -0.4 is 5.73 Å². The lowest BCUT2D eigenvalue weighted by Gasteiger charge is -2.12. The van der Waals surface area contributed by atoms with Gasteiger partial charge in [-0.3, -0.25) is 18.5 Å². The van der Waals surface area contributed by atoms with E-state index in [1.165, 1.54) is 24.3 Å². The monoisotopic (exact) mass is 928 g/mol. The third-order valence-corrected chi connectivity index (χ3v) is 11.9.